The molecule has 0 bridgehead atoms. The summed E-state index contributed by atoms with van der Waals surface area (Å²) in [6.07, 6.45) is 0.739. The molecule has 0 heterocycles. The Balaban J connectivity index is 2.88. The van der Waals surface area contributed by atoms with E-state index < -0.39 is 10.2 Å². The summed E-state index contributed by atoms with van der Waals surface area (Å²) in [6, 6.07) is 9.35. The van der Waals surface area contributed by atoms with Crippen molar-refractivity contribution < 1.29 is 8.42 Å². The maximum Gasteiger partial charge on any atom is 0.277 e. The van der Waals surface area contributed by atoms with Crippen molar-refractivity contribution in [2.45, 2.75) is 32.9 Å². The van der Waals surface area contributed by atoms with Crippen molar-refractivity contribution in [2.24, 2.45) is 5.14 Å². The van der Waals surface area contributed by atoms with E-state index in [9.17, 15) is 8.42 Å². The van der Waals surface area contributed by atoms with E-state index in [2.05, 4.69) is 0 Å². The molecule has 1 rings (SSSR count). The van der Waals surface area contributed by atoms with Gasteiger partial charge in [-0.3, -0.25) is 0 Å². The Bertz CT molecular complexity index is 417. The molecule has 1 aromatic carbocycles. The van der Waals surface area contributed by atoms with E-state index in [1.807, 2.05) is 44.2 Å². The zero-order chi connectivity index (χ0) is 12.2. The predicted octanol–water partition coefficient (Wildman–Crippen LogP) is 1.49. The average Bonchev–Trinajstić information content (AvgIpc) is 2.25. The highest BCUT2D eigenvalue weighted by Gasteiger charge is 2.22. The molecular formula is C11H18N2O2S. The van der Waals surface area contributed by atoms with Crippen LogP contribution >= 0.6 is 0 Å². The molecule has 1 aromatic rings. The van der Waals surface area contributed by atoms with Gasteiger partial charge in [-0.2, -0.15) is 12.7 Å². The van der Waals surface area contributed by atoms with Crippen molar-refractivity contribution in [3.8, 4) is 0 Å². The summed E-state index contributed by atoms with van der Waals surface area (Å²) in [5.74, 6) is 0. The van der Waals surface area contributed by atoms with Crippen LogP contribution in [0.4, 0.5) is 0 Å². The third kappa shape index (κ3) is 3.59. The van der Waals surface area contributed by atoms with Crippen molar-refractivity contribution in [1.82, 2.24) is 4.31 Å². The highest BCUT2D eigenvalue weighted by Crippen LogP contribution is 2.12. The third-order valence-corrected chi connectivity index (χ3v) is 3.73. The quantitative estimate of drug-likeness (QED) is 0.850. The molecule has 0 fully saturated rings. The normalized spacial score (nSPS) is 14.0. The molecule has 0 saturated heterocycles. The summed E-state index contributed by atoms with van der Waals surface area (Å²) >= 11 is 0. The average molecular weight is 242 g/mol. The number of rotatable bonds is 5. The molecule has 4 nitrogen and oxygen atoms in total. The van der Waals surface area contributed by atoms with Crippen molar-refractivity contribution in [2.75, 3.05) is 0 Å². The van der Waals surface area contributed by atoms with E-state index >= 15 is 0 Å². The maximum atomic E-state index is 11.4. The van der Waals surface area contributed by atoms with Gasteiger partial charge in [-0.15, -0.1) is 0 Å². The summed E-state index contributed by atoms with van der Waals surface area (Å²) < 4.78 is 24.2. The van der Waals surface area contributed by atoms with Crippen LogP contribution in [0.15, 0.2) is 30.3 Å². The molecule has 5 heteroatoms. The number of nitrogens with two attached hydrogens (primary N) is 1. The zero-order valence-electron chi connectivity index (χ0n) is 9.63. The van der Waals surface area contributed by atoms with Crippen molar-refractivity contribution in [1.29, 1.82) is 0 Å². The summed E-state index contributed by atoms with van der Waals surface area (Å²) in [5, 5.41) is 5.20. The van der Waals surface area contributed by atoms with Crippen LogP contribution in [0, 0.1) is 0 Å². The van der Waals surface area contributed by atoms with Crippen LogP contribution in [0.3, 0.4) is 0 Å². The van der Waals surface area contributed by atoms with Crippen LogP contribution in [0.5, 0.6) is 0 Å². The van der Waals surface area contributed by atoms with Gasteiger partial charge in [0.1, 0.15) is 0 Å². The molecule has 0 amide bonds. The zero-order valence-corrected chi connectivity index (χ0v) is 10.4. The van der Waals surface area contributed by atoms with Gasteiger partial charge >= 0.3 is 0 Å². The van der Waals surface area contributed by atoms with Gasteiger partial charge in [0.05, 0.1) is 0 Å². The Hall–Kier alpha value is -0.910. The summed E-state index contributed by atoms with van der Waals surface area (Å²) in [5.41, 5.74) is 0.942. The monoisotopic (exact) mass is 242 g/mol. The molecule has 0 aliphatic heterocycles. The highest BCUT2D eigenvalue weighted by molar-refractivity contribution is 7.86. The van der Waals surface area contributed by atoms with Crippen LogP contribution in [0.25, 0.3) is 0 Å². The van der Waals surface area contributed by atoms with Gasteiger partial charge in [0, 0.05) is 12.6 Å². The predicted molar refractivity (Wildman–Crippen MR) is 64.8 cm³/mol. The molecule has 90 valence electrons. The SMILES string of the molecule is CCC(C)N(Cc1ccccc1)S(N)(=O)=O. The summed E-state index contributed by atoms with van der Waals surface area (Å²) in [4.78, 5) is 0. The fourth-order valence-corrected chi connectivity index (χ4v) is 2.44. The minimum Gasteiger partial charge on any atom is -0.216 e. The topological polar surface area (TPSA) is 63.4 Å². The highest BCUT2D eigenvalue weighted by atomic mass is 32.2. The number of hydrogen-bond donors (Lipinski definition) is 1. The molecule has 16 heavy (non-hydrogen) atoms. The fraction of sp³-hybridized carbons (Fsp3) is 0.455. The lowest BCUT2D eigenvalue weighted by Gasteiger charge is -2.25. The first kappa shape index (κ1) is 13.2. The Morgan fingerprint density at radius 3 is 2.31 bits per heavy atom. The smallest absolute Gasteiger partial charge is 0.216 e. The number of nitrogens with zero attached hydrogens (tertiary/aromatic N) is 1. The van der Waals surface area contributed by atoms with Crippen LogP contribution in [0.1, 0.15) is 25.8 Å². The van der Waals surface area contributed by atoms with E-state index in [0.717, 1.165) is 12.0 Å². The lowest BCUT2D eigenvalue weighted by molar-refractivity contribution is 0.323. The molecule has 2 N–H and O–H groups in total. The largest absolute Gasteiger partial charge is 0.277 e. The van der Waals surface area contributed by atoms with Crippen molar-refractivity contribution >= 4 is 10.2 Å². The number of hydrogen-bond acceptors (Lipinski definition) is 2. The van der Waals surface area contributed by atoms with Gasteiger partial charge in [-0.1, -0.05) is 37.3 Å². The standard InChI is InChI=1S/C11H18N2O2S/c1-3-10(2)13(16(12,14)15)9-11-7-5-4-6-8-11/h4-8,10H,3,9H2,1-2H3,(H2,12,14,15). The van der Waals surface area contributed by atoms with Crippen LogP contribution in [-0.4, -0.2) is 18.8 Å². The molecular weight excluding hydrogens is 224 g/mol. The Morgan fingerprint density at radius 2 is 1.88 bits per heavy atom. The molecule has 0 radical (unpaired) electrons. The van der Waals surface area contributed by atoms with E-state index in [4.69, 9.17) is 5.14 Å². The molecule has 0 aliphatic carbocycles. The Kier molecular flexibility index (Phi) is 4.46. The van der Waals surface area contributed by atoms with E-state index in [1.54, 1.807) is 0 Å². The van der Waals surface area contributed by atoms with Gasteiger partial charge in [-0.25, -0.2) is 5.14 Å². The maximum absolute atomic E-state index is 11.4. The third-order valence-electron chi connectivity index (χ3n) is 2.59. The molecule has 0 saturated carbocycles. The van der Waals surface area contributed by atoms with Gasteiger partial charge in [0.25, 0.3) is 10.2 Å². The minimum atomic E-state index is -3.64. The lowest BCUT2D eigenvalue weighted by Crippen LogP contribution is -2.41. The van der Waals surface area contributed by atoms with E-state index in [-0.39, 0.29) is 6.04 Å². The fourth-order valence-electron chi connectivity index (χ4n) is 1.46. The summed E-state index contributed by atoms with van der Waals surface area (Å²) in [6.45, 7) is 4.12. The number of benzene rings is 1. The molecule has 1 atom stereocenters. The Morgan fingerprint density at radius 1 is 1.31 bits per heavy atom. The van der Waals surface area contributed by atoms with Gasteiger partial charge < -0.3 is 0 Å². The molecule has 0 aromatic heterocycles. The first-order chi connectivity index (χ1) is 7.45. The van der Waals surface area contributed by atoms with Crippen LogP contribution in [0.2, 0.25) is 0 Å². The molecule has 1 unspecified atom stereocenters. The minimum absolute atomic E-state index is 0.0878. The Labute approximate surface area is 97.3 Å². The van der Waals surface area contributed by atoms with Crippen LogP contribution in [-0.2, 0) is 16.8 Å². The molecule has 0 spiro atoms. The second-order valence-corrected chi connectivity index (χ2v) is 5.33. The van der Waals surface area contributed by atoms with Crippen molar-refractivity contribution in [3.63, 3.8) is 0 Å². The van der Waals surface area contributed by atoms with Crippen LogP contribution < -0.4 is 5.14 Å². The summed E-state index contributed by atoms with van der Waals surface area (Å²) in [7, 11) is -3.64. The van der Waals surface area contributed by atoms with Gasteiger partial charge in [0.15, 0.2) is 0 Å². The first-order valence-corrected chi connectivity index (χ1v) is 6.79. The van der Waals surface area contributed by atoms with Gasteiger partial charge in [0.2, 0.25) is 0 Å². The van der Waals surface area contributed by atoms with Crippen molar-refractivity contribution in [3.05, 3.63) is 35.9 Å². The molecule has 0 aliphatic rings. The lowest BCUT2D eigenvalue weighted by atomic mass is 10.2. The van der Waals surface area contributed by atoms with E-state index in [1.165, 1.54) is 4.31 Å². The second kappa shape index (κ2) is 5.43. The first-order valence-electron chi connectivity index (χ1n) is 5.28. The second-order valence-electron chi connectivity index (χ2n) is 3.83. The van der Waals surface area contributed by atoms with Gasteiger partial charge in [-0.05, 0) is 18.9 Å². The van der Waals surface area contributed by atoms with E-state index in [0.29, 0.717) is 6.54 Å².